The van der Waals surface area contributed by atoms with Gasteiger partial charge in [0.25, 0.3) is 0 Å². The molecule has 2 N–H and O–H groups in total. The third-order valence-corrected chi connectivity index (χ3v) is 1.91. The molecule has 1 fully saturated rings. The van der Waals surface area contributed by atoms with Crippen molar-refractivity contribution in [3.8, 4) is 0 Å². The highest BCUT2D eigenvalue weighted by atomic mass is 35.5. The average Bonchev–Trinajstić information content (AvgIpc) is 2.65. The number of nitrogens with two attached hydrogens (primary N) is 1. The lowest BCUT2D eigenvalue weighted by atomic mass is 10.2. The fraction of sp³-hybridized carbons (Fsp3) is 0.571. The third kappa shape index (κ3) is 1.73. The van der Waals surface area contributed by atoms with Gasteiger partial charge in [-0.2, -0.15) is 0 Å². The van der Waals surface area contributed by atoms with Crippen molar-refractivity contribution in [1.82, 2.24) is 4.98 Å². The number of halogens is 1. The minimum atomic E-state index is 0. The summed E-state index contributed by atoms with van der Waals surface area (Å²) in [6.07, 6.45) is 5.60. The first-order valence-electron chi connectivity index (χ1n) is 3.52. The van der Waals surface area contributed by atoms with E-state index in [2.05, 4.69) is 4.98 Å². The van der Waals surface area contributed by atoms with Crippen LogP contribution in [0.2, 0.25) is 0 Å². The van der Waals surface area contributed by atoms with Crippen LogP contribution in [0.15, 0.2) is 17.0 Å². The molecular weight excluding hydrogens is 164 g/mol. The van der Waals surface area contributed by atoms with E-state index in [9.17, 15) is 0 Å². The van der Waals surface area contributed by atoms with E-state index in [4.69, 9.17) is 10.2 Å². The summed E-state index contributed by atoms with van der Waals surface area (Å²) in [4.78, 5) is 3.81. The molecular formula is C7H11ClN2O. The Morgan fingerprint density at radius 3 is 2.82 bits per heavy atom. The number of oxazole rings is 1. The Hall–Kier alpha value is -0.540. The molecule has 1 aromatic rings. The fourth-order valence-electron chi connectivity index (χ4n) is 1.08. The van der Waals surface area contributed by atoms with Crippen molar-refractivity contribution < 1.29 is 4.42 Å². The SMILES string of the molecule is Cl.NC(c1cnco1)C1CC1. The summed E-state index contributed by atoms with van der Waals surface area (Å²) in [7, 11) is 0. The standard InChI is InChI=1S/C7H10N2O.ClH/c8-7(5-1-2-5)6-3-9-4-10-6;/h3-5,7H,1-2,8H2;1H. The van der Waals surface area contributed by atoms with Crippen LogP contribution in [0.1, 0.15) is 24.6 Å². The minimum Gasteiger partial charge on any atom is -0.447 e. The fourth-order valence-corrected chi connectivity index (χ4v) is 1.08. The quantitative estimate of drug-likeness (QED) is 0.740. The topological polar surface area (TPSA) is 52.0 Å². The van der Waals surface area contributed by atoms with E-state index in [0.29, 0.717) is 5.92 Å². The van der Waals surface area contributed by atoms with E-state index in [-0.39, 0.29) is 18.4 Å². The summed E-state index contributed by atoms with van der Waals surface area (Å²) >= 11 is 0. The van der Waals surface area contributed by atoms with Gasteiger partial charge in [-0.25, -0.2) is 4.98 Å². The maximum absolute atomic E-state index is 5.81. The molecule has 2 rings (SSSR count). The lowest BCUT2D eigenvalue weighted by Crippen LogP contribution is -2.10. The van der Waals surface area contributed by atoms with Gasteiger partial charge in [-0.05, 0) is 18.8 Å². The third-order valence-electron chi connectivity index (χ3n) is 1.91. The van der Waals surface area contributed by atoms with Gasteiger partial charge in [0.1, 0.15) is 5.76 Å². The van der Waals surface area contributed by atoms with Gasteiger partial charge < -0.3 is 10.2 Å². The monoisotopic (exact) mass is 174 g/mol. The van der Waals surface area contributed by atoms with Crippen LogP contribution in [0.4, 0.5) is 0 Å². The van der Waals surface area contributed by atoms with Crippen LogP contribution in [-0.2, 0) is 0 Å². The molecule has 1 unspecified atom stereocenters. The molecule has 3 nitrogen and oxygen atoms in total. The summed E-state index contributed by atoms with van der Waals surface area (Å²) in [6.45, 7) is 0. The Bertz CT molecular complexity index is 208. The van der Waals surface area contributed by atoms with Crippen molar-refractivity contribution in [2.24, 2.45) is 11.7 Å². The molecule has 1 heterocycles. The highest BCUT2D eigenvalue weighted by Crippen LogP contribution is 2.39. The van der Waals surface area contributed by atoms with Gasteiger partial charge in [0.05, 0.1) is 12.2 Å². The number of hydrogen-bond acceptors (Lipinski definition) is 3. The van der Waals surface area contributed by atoms with E-state index in [1.807, 2.05) is 0 Å². The van der Waals surface area contributed by atoms with E-state index in [1.165, 1.54) is 19.2 Å². The molecule has 0 aliphatic heterocycles. The Kier molecular flexibility index (Phi) is 2.52. The van der Waals surface area contributed by atoms with Gasteiger partial charge in [0.2, 0.25) is 0 Å². The van der Waals surface area contributed by atoms with Crippen molar-refractivity contribution in [1.29, 1.82) is 0 Å². The highest BCUT2D eigenvalue weighted by Gasteiger charge is 2.31. The molecule has 1 aromatic heterocycles. The normalized spacial score (nSPS) is 19.0. The molecule has 0 spiro atoms. The lowest BCUT2D eigenvalue weighted by molar-refractivity contribution is 0.440. The van der Waals surface area contributed by atoms with Crippen molar-refractivity contribution >= 4 is 12.4 Å². The Balaban J connectivity index is 0.000000605. The van der Waals surface area contributed by atoms with E-state index in [1.54, 1.807) is 6.20 Å². The summed E-state index contributed by atoms with van der Waals surface area (Å²) in [5, 5.41) is 0. The maximum atomic E-state index is 5.81. The van der Waals surface area contributed by atoms with Crippen LogP contribution < -0.4 is 5.73 Å². The second kappa shape index (κ2) is 3.24. The zero-order valence-corrected chi connectivity index (χ0v) is 6.88. The predicted octanol–water partition coefficient (Wildman–Crippen LogP) is 1.51. The largest absolute Gasteiger partial charge is 0.447 e. The average molecular weight is 175 g/mol. The smallest absolute Gasteiger partial charge is 0.180 e. The summed E-state index contributed by atoms with van der Waals surface area (Å²) in [6, 6.07) is 0.0856. The summed E-state index contributed by atoms with van der Waals surface area (Å²) in [5.41, 5.74) is 5.81. The predicted molar refractivity (Wildman–Crippen MR) is 43.4 cm³/mol. The van der Waals surface area contributed by atoms with Gasteiger partial charge in [-0.15, -0.1) is 12.4 Å². The van der Waals surface area contributed by atoms with Gasteiger partial charge in [-0.3, -0.25) is 0 Å². The summed E-state index contributed by atoms with van der Waals surface area (Å²) < 4.78 is 5.06. The molecule has 0 aromatic carbocycles. The molecule has 1 aliphatic carbocycles. The molecule has 0 radical (unpaired) electrons. The molecule has 11 heavy (non-hydrogen) atoms. The van der Waals surface area contributed by atoms with Gasteiger partial charge in [0.15, 0.2) is 6.39 Å². The zero-order valence-electron chi connectivity index (χ0n) is 6.06. The maximum Gasteiger partial charge on any atom is 0.180 e. The molecule has 0 saturated heterocycles. The van der Waals surface area contributed by atoms with Crippen LogP contribution in [0.5, 0.6) is 0 Å². The molecule has 4 heteroatoms. The van der Waals surface area contributed by atoms with Crippen LogP contribution in [-0.4, -0.2) is 4.98 Å². The Morgan fingerprint density at radius 1 is 1.64 bits per heavy atom. The Labute approximate surface area is 71.4 Å². The number of rotatable bonds is 2. The van der Waals surface area contributed by atoms with Crippen molar-refractivity contribution in [2.45, 2.75) is 18.9 Å². The minimum absolute atomic E-state index is 0. The van der Waals surface area contributed by atoms with Gasteiger partial charge >= 0.3 is 0 Å². The first kappa shape index (κ1) is 8.56. The molecule has 1 aliphatic rings. The molecule has 1 saturated carbocycles. The molecule has 62 valence electrons. The van der Waals surface area contributed by atoms with Crippen molar-refractivity contribution in [3.63, 3.8) is 0 Å². The molecule has 1 atom stereocenters. The number of nitrogens with zero attached hydrogens (tertiary/aromatic N) is 1. The van der Waals surface area contributed by atoms with Crippen molar-refractivity contribution in [3.05, 3.63) is 18.4 Å². The van der Waals surface area contributed by atoms with E-state index >= 15 is 0 Å². The van der Waals surface area contributed by atoms with Gasteiger partial charge in [0, 0.05) is 0 Å². The Morgan fingerprint density at radius 2 is 2.36 bits per heavy atom. The van der Waals surface area contributed by atoms with Gasteiger partial charge in [-0.1, -0.05) is 0 Å². The van der Waals surface area contributed by atoms with Crippen molar-refractivity contribution in [2.75, 3.05) is 0 Å². The van der Waals surface area contributed by atoms with Crippen LogP contribution in [0.3, 0.4) is 0 Å². The first-order chi connectivity index (χ1) is 4.88. The van der Waals surface area contributed by atoms with Crippen LogP contribution >= 0.6 is 12.4 Å². The second-order valence-electron chi connectivity index (χ2n) is 2.77. The van der Waals surface area contributed by atoms with Crippen LogP contribution in [0.25, 0.3) is 0 Å². The number of aromatic nitrogens is 1. The number of hydrogen-bond donors (Lipinski definition) is 1. The highest BCUT2D eigenvalue weighted by molar-refractivity contribution is 5.85. The summed E-state index contributed by atoms with van der Waals surface area (Å²) in [5.74, 6) is 1.47. The van der Waals surface area contributed by atoms with Crippen LogP contribution in [0, 0.1) is 5.92 Å². The first-order valence-corrected chi connectivity index (χ1v) is 3.52. The second-order valence-corrected chi connectivity index (χ2v) is 2.77. The molecule has 0 amide bonds. The van der Waals surface area contributed by atoms with E-state index in [0.717, 1.165) is 5.76 Å². The lowest BCUT2D eigenvalue weighted by Gasteiger charge is -2.03. The molecule has 0 bridgehead atoms. The zero-order chi connectivity index (χ0) is 6.97. The van der Waals surface area contributed by atoms with E-state index < -0.39 is 0 Å².